The van der Waals surface area contributed by atoms with E-state index in [1.807, 2.05) is 18.2 Å². The van der Waals surface area contributed by atoms with Crippen LogP contribution in [-0.4, -0.2) is 33.3 Å². The van der Waals surface area contributed by atoms with Gasteiger partial charge in [-0.25, -0.2) is 4.98 Å². The van der Waals surface area contributed by atoms with Crippen LogP contribution in [0.2, 0.25) is 0 Å². The molecule has 2 heterocycles. The van der Waals surface area contributed by atoms with Gasteiger partial charge in [0, 0.05) is 12.8 Å². The number of para-hydroxylation sites is 1. The summed E-state index contributed by atoms with van der Waals surface area (Å²) in [6.45, 7) is 1.07. The van der Waals surface area contributed by atoms with Gasteiger partial charge in [0.1, 0.15) is 24.5 Å². The molecule has 3 rings (SSSR count). The molecule has 104 valence electrons. The number of carbonyl (C=O) groups is 1. The number of amides is 1. The highest BCUT2D eigenvalue weighted by Gasteiger charge is 2.22. The summed E-state index contributed by atoms with van der Waals surface area (Å²) in [5, 5.41) is 6.85. The van der Waals surface area contributed by atoms with Gasteiger partial charge in [-0.2, -0.15) is 5.10 Å². The Kier molecular flexibility index (Phi) is 3.62. The highest BCUT2D eigenvalue weighted by atomic mass is 16.5. The van der Waals surface area contributed by atoms with Gasteiger partial charge in [-0.3, -0.25) is 9.48 Å². The van der Waals surface area contributed by atoms with E-state index in [1.54, 1.807) is 11.0 Å². The van der Waals surface area contributed by atoms with Crippen LogP contribution in [0.25, 0.3) is 0 Å². The second kappa shape index (κ2) is 5.73. The fourth-order valence-electron chi connectivity index (χ4n) is 2.25. The maximum Gasteiger partial charge on any atom is 0.221 e. The molecule has 6 nitrogen and oxygen atoms in total. The molecule has 0 bridgehead atoms. The van der Waals surface area contributed by atoms with Crippen molar-refractivity contribution in [3.05, 3.63) is 42.5 Å². The Hall–Kier alpha value is -2.37. The predicted octanol–water partition coefficient (Wildman–Crippen LogP) is 0.788. The fraction of sp³-hybridized carbons (Fsp3) is 0.357. The van der Waals surface area contributed by atoms with E-state index < -0.39 is 0 Å². The van der Waals surface area contributed by atoms with Gasteiger partial charge < -0.3 is 10.1 Å². The molecule has 0 fully saturated rings. The van der Waals surface area contributed by atoms with E-state index in [-0.39, 0.29) is 12.0 Å². The first kappa shape index (κ1) is 12.7. The minimum atomic E-state index is 0.0000520. The van der Waals surface area contributed by atoms with E-state index in [9.17, 15) is 4.79 Å². The van der Waals surface area contributed by atoms with Gasteiger partial charge in [0.15, 0.2) is 0 Å². The number of aromatic nitrogens is 3. The molecule has 1 N–H and O–H groups in total. The van der Waals surface area contributed by atoms with Crippen LogP contribution in [0.1, 0.15) is 12.0 Å². The van der Waals surface area contributed by atoms with Crippen molar-refractivity contribution < 1.29 is 9.53 Å². The zero-order valence-corrected chi connectivity index (χ0v) is 11.0. The summed E-state index contributed by atoms with van der Waals surface area (Å²) in [7, 11) is 0. The lowest BCUT2D eigenvalue weighted by atomic mass is 10.1. The molecule has 0 aliphatic carbocycles. The van der Waals surface area contributed by atoms with Gasteiger partial charge in [-0.1, -0.05) is 18.2 Å². The number of ether oxygens (including phenoxy) is 1. The van der Waals surface area contributed by atoms with Gasteiger partial charge in [0.25, 0.3) is 0 Å². The molecule has 1 unspecified atom stereocenters. The number of rotatable bonds is 5. The van der Waals surface area contributed by atoms with E-state index in [4.69, 9.17) is 4.74 Å². The lowest BCUT2D eigenvalue weighted by molar-refractivity contribution is -0.121. The summed E-state index contributed by atoms with van der Waals surface area (Å²) in [5.41, 5.74) is 1.20. The highest BCUT2D eigenvalue weighted by Crippen LogP contribution is 2.27. The Labute approximate surface area is 116 Å². The monoisotopic (exact) mass is 272 g/mol. The van der Waals surface area contributed by atoms with Gasteiger partial charge in [-0.05, 0) is 11.6 Å². The minimum absolute atomic E-state index is 0.0000520. The van der Waals surface area contributed by atoms with Crippen LogP contribution in [0.4, 0.5) is 0 Å². The van der Waals surface area contributed by atoms with Crippen molar-refractivity contribution in [2.75, 3.05) is 6.54 Å². The zero-order valence-electron chi connectivity index (χ0n) is 11.0. The first-order valence-corrected chi connectivity index (χ1v) is 6.65. The largest absolute Gasteiger partial charge is 0.488 e. The molecule has 0 spiro atoms. The maximum absolute atomic E-state index is 11.7. The number of nitrogens with one attached hydrogen (secondary N) is 1. The summed E-state index contributed by atoms with van der Waals surface area (Å²) >= 11 is 0. The number of hydrogen-bond acceptors (Lipinski definition) is 4. The van der Waals surface area contributed by atoms with Crippen LogP contribution in [0, 0.1) is 0 Å². The second-order valence-electron chi connectivity index (χ2n) is 4.76. The zero-order chi connectivity index (χ0) is 13.8. The summed E-state index contributed by atoms with van der Waals surface area (Å²) < 4.78 is 7.41. The Morgan fingerprint density at radius 2 is 2.35 bits per heavy atom. The van der Waals surface area contributed by atoms with Crippen LogP contribution in [0.3, 0.4) is 0 Å². The smallest absolute Gasteiger partial charge is 0.221 e. The Morgan fingerprint density at radius 3 is 3.15 bits per heavy atom. The Bertz CT molecular complexity index is 558. The molecule has 1 aromatic carbocycles. The van der Waals surface area contributed by atoms with Gasteiger partial charge >= 0.3 is 0 Å². The highest BCUT2D eigenvalue weighted by molar-refractivity contribution is 5.75. The molecule has 0 radical (unpaired) electrons. The Balaban J connectivity index is 1.41. The first-order chi connectivity index (χ1) is 9.81. The molecule has 1 atom stereocenters. The maximum atomic E-state index is 11.7. The van der Waals surface area contributed by atoms with Crippen LogP contribution >= 0.6 is 0 Å². The molecule has 1 aliphatic heterocycles. The van der Waals surface area contributed by atoms with Gasteiger partial charge in [0.05, 0.1) is 13.1 Å². The van der Waals surface area contributed by atoms with Crippen LogP contribution in [-0.2, 0) is 17.8 Å². The molecule has 1 aliphatic rings. The van der Waals surface area contributed by atoms with E-state index >= 15 is 0 Å². The van der Waals surface area contributed by atoms with Crippen LogP contribution in [0.15, 0.2) is 36.9 Å². The molecular formula is C14H16N4O2. The number of nitrogens with zero attached hydrogens (tertiary/aromatic N) is 3. The first-order valence-electron chi connectivity index (χ1n) is 6.65. The van der Waals surface area contributed by atoms with Crippen molar-refractivity contribution in [3.63, 3.8) is 0 Å². The van der Waals surface area contributed by atoms with Crippen molar-refractivity contribution in [3.8, 4) is 5.75 Å². The predicted molar refractivity (Wildman–Crippen MR) is 72.2 cm³/mol. The van der Waals surface area contributed by atoms with Crippen molar-refractivity contribution in [1.29, 1.82) is 0 Å². The average Bonchev–Trinajstić information content (AvgIpc) is 3.11. The van der Waals surface area contributed by atoms with Crippen molar-refractivity contribution in [2.24, 2.45) is 0 Å². The van der Waals surface area contributed by atoms with Crippen molar-refractivity contribution in [1.82, 2.24) is 20.1 Å². The third-order valence-electron chi connectivity index (χ3n) is 3.28. The standard InChI is InChI=1S/C14H16N4O2/c19-14(5-6-18-10-15-9-17-18)16-8-12-7-11-3-1-2-4-13(11)20-12/h1-4,9-10,12H,5-8H2,(H,16,19). The molecular weight excluding hydrogens is 256 g/mol. The summed E-state index contributed by atoms with van der Waals surface area (Å²) in [5.74, 6) is 0.925. The van der Waals surface area contributed by atoms with Gasteiger partial charge in [-0.15, -0.1) is 0 Å². The van der Waals surface area contributed by atoms with Crippen molar-refractivity contribution in [2.45, 2.75) is 25.5 Å². The van der Waals surface area contributed by atoms with Crippen molar-refractivity contribution >= 4 is 5.91 Å². The summed E-state index contributed by atoms with van der Waals surface area (Å²) in [6.07, 6.45) is 4.33. The quantitative estimate of drug-likeness (QED) is 0.873. The van der Waals surface area contributed by atoms with Crippen LogP contribution < -0.4 is 10.1 Å². The molecule has 6 heteroatoms. The minimum Gasteiger partial charge on any atom is -0.488 e. The number of benzene rings is 1. The fourth-order valence-corrected chi connectivity index (χ4v) is 2.25. The molecule has 2 aromatic rings. The third-order valence-corrected chi connectivity index (χ3v) is 3.28. The number of fused-ring (bicyclic) bond motifs is 1. The van der Waals surface area contributed by atoms with Crippen LogP contribution in [0.5, 0.6) is 5.75 Å². The number of hydrogen-bond donors (Lipinski definition) is 1. The summed E-state index contributed by atoms with van der Waals surface area (Å²) in [4.78, 5) is 15.6. The molecule has 0 saturated heterocycles. The van der Waals surface area contributed by atoms with E-state index in [0.29, 0.717) is 19.5 Å². The average molecular weight is 272 g/mol. The van der Waals surface area contributed by atoms with E-state index in [1.165, 1.54) is 11.9 Å². The number of carbonyl (C=O) groups excluding carboxylic acids is 1. The number of aryl methyl sites for hydroxylation is 1. The lowest BCUT2D eigenvalue weighted by Crippen LogP contribution is -2.34. The topological polar surface area (TPSA) is 69.0 Å². The second-order valence-corrected chi connectivity index (χ2v) is 4.76. The molecule has 1 amide bonds. The summed E-state index contributed by atoms with van der Waals surface area (Å²) in [6, 6.07) is 7.98. The normalized spacial score (nSPS) is 16.5. The third kappa shape index (κ3) is 2.96. The van der Waals surface area contributed by atoms with E-state index in [0.717, 1.165) is 12.2 Å². The van der Waals surface area contributed by atoms with E-state index in [2.05, 4.69) is 21.5 Å². The SMILES string of the molecule is O=C(CCn1cncn1)NCC1Cc2ccccc2O1. The lowest BCUT2D eigenvalue weighted by Gasteiger charge is -2.11. The molecule has 1 aromatic heterocycles. The Morgan fingerprint density at radius 1 is 1.45 bits per heavy atom. The van der Waals surface area contributed by atoms with Gasteiger partial charge in [0.2, 0.25) is 5.91 Å². The molecule has 0 saturated carbocycles. The molecule has 20 heavy (non-hydrogen) atoms.